The van der Waals surface area contributed by atoms with Gasteiger partial charge in [-0.3, -0.25) is 4.79 Å². The Morgan fingerprint density at radius 1 is 1.42 bits per heavy atom. The molecular weight excluding hydrogens is 296 g/mol. The minimum Gasteiger partial charge on any atom is -0.360 e. The van der Waals surface area contributed by atoms with Crippen molar-refractivity contribution in [3.63, 3.8) is 0 Å². The SMILES string of the molecule is C=C1CC(C)CC(CC)(NC(=O)c2c[nH]c3cc(C)cc(C)c23)C1. The van der Waals surface area contributed by atoms with E-state index in [2.05, 4.69) is 56.7 Å². The molecule has 0 aliphatic heterocycles. The van der Waals surface area contributed by atoms with Crippen LogP contribution in [0.1, 0.15) is 61.0 Å². The molecule has 0 spiro atoms. The van der Waals surface area contributed by atoms with E-state index in [1.807, 2.05) is 6.20 Å². The number of hydrogen-bond donors (Lipinski definition) is 2. The van der Waals surface area contributed by atoms with Gasteiger partial charge in [0.1, 0.15) is 0 Å². The van der Waals surface area contributed by atoms with Crippen LogP contribution in [0.15, 0.2) is 30.5 Å². The summed E-state index contributed by atoms with van der Waals surface area (Å²) >= 11 is 0. The molecule has 0 radical (unpaired) electrons. The number of aromatic amines is 1. The van der Waals surface area contributed by atoms with Crippen molar-refractivity contribution in [2.24, 2.45) is 5.92 Å². The monoisotopic (exact) mass is 324 g/mol. The van der Waals surface area contributed by atoms with E-state index < -0.39 is 0 Å². The second-order valence-electron chi connectivity index (χ2n) is 7.73. The van der Waals surface area contributed by atoms with Gasteiger partial charge in [-0.15, -0.1) is 0 Å². The van der Waals surface area contributed by atoms with Crippen LogP contribution in [0.4, 0.5) is 0 Å². The predicted molar refractivity (Wildman–Crippen MR) is 100 cm³/mol. The first-order chi connectivity index (χ1) is 11.3. The van der Waals surface area contributed by atoms with Gasteiger partial charge in [0.15, 0.2) is 0 Å². The largest absolute Gasteiger partial charge is 0.360 e. The molecule has 1 aliphatic rings. The molecule has 1 aromatic heterocycles. The number of carbonyl (C=O) groups excluding carboxylic acids is 1. The van der Waals surface area contributed by atoms with Gasteiger partial charge in [-0.2, -0.15) is 0 Å². The Labute approximate surface area is 144 Å². The molecule has 1 aromatic carbocycles. The van der Waals surface area contributed by atoms with E-state index in [9.17, 15) is 4.79 Å². The molecular formula is C21H28N2O. The number of fused-ring (bicyclic) bond motifs is 1. The molecule has 1 amide bonds. The summed E-state index contributed by atoms with van der Waals surface area (Å²) in [7, 11) is 0. The van der Waals surface area contributed by atoms with E-state index in [1.165, 1.54) is 11.1 Å². The summed E-state index contributed by atoms with van der Waals surface area (Å²) in [6.45, 7) is 12.8. The fourth-order valence-electron chi connectivity index (χ4n) is 4.46. The standard InChI is InChI=1S/C21H28N2O/c1-6-21(10-14(3)7-15(4)11-21)23-20(24)17-12-22-18-9-13(2)8-16(5)19(17)18/h8-9,12,15,22H,3,6-7,10-11H2,1-2,4-5H3,(H,23,24). The van der Waals surface area contributed by atoms with E-state index in [4.69, 9.17) is 0 Å². The topological polar surface area (TPSA) is 44.9 Å². The second kappa shape index (κ2) is 6.12. The Balaban J connectivity index is 1.93. The predicted octanol–water partition coefficient (Wildman–Crippen LogP) is 5.04. The molecule has 3 rings (SSSR count). The number of aromatic nitrogens is 1. The quantitative estimate of drug-likeness (QED) is 0.763. The zero-order valence-corrected chi connectivity index (χ0v) is 15.3. The first-order valence-electron chi connectivity index (χ1n) is 8.91. The lowest BCUT2D eigenvalue weighted by Gasteiger charge is -2.41. The number of hydrogen-bond acceptors (Lipinski definition) is 1. The van der Waals surface area contributed by atoms with Crippen molar-refractivity contribution in [3.05, 3.63) is 47.2 Å². The van der Waals surface area contributed by atoms with Crippen LogP contribution in [0.25, 0.3) is 10.9 Å². The normalized spacial score (nSPS) is 24.3. The molecule has 2 N–H and O–H groups in total. The van der Waals surface area contributed by atoms with Gasteiger partial charge in [-0.25, -0.2) is 0 Å². The second-order valence-corrected chi connectivity index (χ2v) is 7.73. The third-order valence-electron chi connectivity index (χ3n) is 5.39. The third kappa shape index (κ3) is 3.00. The van der Waals surface area contributed by atoms with Gasteiger partial charge in [0.25, 0.3) is 5.91 Å². The van der Waals surface area contributed by atoms with Crippen molar-refractivity contribution in [2.45, 2.75) is 58.9 Å². The van der Waals surface area contributed by atoms with Crippen molar-refractivity contribution >= 4 is 16.8 Å². The maximum Gasteiger partial charge on any atom is 0.253 e. The van der Waals surface area contributed by atoms with E-state index in [0.29, 0.717) is 5.92 Å². The molecule has 1 aliphatic carbocycles. The van der Waals surface area contributed by atoms with Crippen LogP contribution in [0, 0.1) is 19.8 Å². The van der Waals surface area contributed by atoms with Crippen molar-refractivity contribution < 1.29 is 4.79 Å². The Hall–Kier alpha value is -2.03. The Kier molecular flexibility index (Phi) is 4.29. The highest BCUT2D eigenvalue weighted by atomic mass is 16.1. The highest BCUT2D eigenvalue weighted by Gasteiger charge is 2.36. The molecule has 0 bridgehead atoms. The van der Waals surface area contributed by atoms with Crippen LogP contribution in [0.2, 0.25) is 0 Å². The highest BCUT2D eigenvalue weighted by molar-refractivity contribution is 6.08. The molecule has 3 heteroatoms. The number of carbonyl (C=O) groups is 1. The molecule has 24 heavy (non-hydrogen) atoms. The maximum absolute atomic E-state index is 13.0. The number of H-pyrrole nitrogens is 1. The Bertz CT molecular complexity index is 802. The molecule has 1 heterocycles. The molecule has 3 nitrogen and oxygen atoms in total. The van der Waals surface area contributed by atoms with Crippen LogP contribution in [-0.4, -0.2) is 16.4 Å². The zero-order chi connectivity index (χ0) is 17.5. The van der Waals surface area contributed by atoms with Crippen LogP contribution in [-0.2, 0) is 0 Å². The van der Waals surface area contributed by atoms with Crippen molar-refractivity contribution in [1.29, 1.82) is 0 Å². The van der Waals surface area contributed by atoms with Gasteiger partial charge in [0.05, 0.1) is 5.56 Å². The minimum atomic E-state index is -0.159. The minimum absolute atomic E-state index is 0.0250. The first kappa shape index (κ1) is 16.8. The average molecular weight is 324 g/mol. The first-order valence-corrected chi connectivity index (χ1v) is 8.91. The van der Waals surface area contributed by atoms with Crippen LogP contribution >= 0.6 is 0 Å². The molecule has 0 saturated heterocycles. The van der Waals surface area contributed by atoms with Gasteiger partial charge in [-0.1, -0.05) is 32.1 Å². The lowest BCUT2D eigenvalue weighted by Crippen LogP contribution is -2.51. The summed E-state index contributed by atoms with van der Waals surface area (Å²) in [6, 6.07) is 4.23. The molecule has 1 fully saturated rings. The summed E-state index contributed by atoms with van der Waals surface area (Å²) in [5, 5.41) is 4.39. The van der Waals surface area contributed by atoms with Gasteiger partial charge in [0.2, 0.25) is 0 Å². The van der Waals surface area contributed by atoms with Gasteiger partial charge < -0.3 is 10.3 Å². The highest BCUT2D eigenvalue weighted by Crippen LogP contribution is 2.37. The lowest BCUT2D eigenvalue weighted by molar-refractivity contribution is 0.0866. The summed E-state index contributed by atoms with van der Waals surface area (Å²) in [5.41, 5.74) is 5.22. The van der Waals surface area contributed by atoms with Crippen LogP contribution in [0.3, 0.4) is 0 Å². The fraction of sp³-hybridized carbons (Fsp3) is 0.476. The van der Waals surface area contributed by atoms with Crippen LogP contribution < -0.4 is 5.32 Å². The third-order valence-corrected chi connectivity index (χ3v) is 5.39. The Morgan fingerprint density at radius 3 is 2.83 bits per heavy atom. The van der Waals surface area contributed by atoms with Crippen molar-refractivity contribution in [3.8, 4) is 0 Å². The summed E-state index contributed by atoms with van der Waals surface area (Å²) in [4.78, 5) is 16.3. The number of nitrogens with one attached hydrogen (secondary N) is 2. The molecule has 2 aromatic rings. The average Bonchev–Trinajstić information content (AvgIpc) is 2.90. The van der Waals surface area contributed by atoms with E-state index in [-0.39, 0.29) is 11.4 Å². The molecule has 2 atom stereocenters. The van der Waals surface area contributed by atoms with E-state index >= 15 is 0 Å². The number of benzene rings is 1. The smallest absolute Gasteiger partial charge is 0.253 e. The van der Waals surface area contributed by atoms with Gasteiger partial charge in [0, 0.05) is 22.6 Å². The maximum atomic E-state index is 13.0. The summed E-state index contributed by atoms with van der Waals surface area (Å²) < 4.78 is 0. The van der Waals surface area contributed by atoms with E-state index in [1.54, 1.807) is 0 Å². The molecule has 1 saturated carbocycles. The van der Waals surface area contributed by atoms with Gasteiger partial charge >= 0.3 is 0 Å². The number of amides is 1. The molecule has 2 unspecified atom stereocenters. The Morgan fingerprint density at radius 2 is 2.17 bits per heavy atom. The summed E-state index contributed by atoms with van der Waals surface area (Å²) in [5.74, 6) is 0.593. The number of rotatable bonds is 3. The number of aryl methyl sites for hydroxylation is 2. The van der Waals surface area contributed by atoms with Crippen molar-refractivity contribution in [1.82, 2.24) is 10.3 Å². The zero-order valence-electron chi connectivity index (χ0n) is 15.3. The van der Waals surface area contributed by atoms with Gasteiger partial charge in [-0.05, 0) is 62.6 Å². The summed E-state index contributed by atoms with van der Waals surface area (Å²) in [6.07, 6.45) is 5.76. The van der Waals surface area contributed by atoms with Crippen molar-refractivity contribution in [2.75, 3.05) is 0 Å². The fourth-order valence-corrected chi connectivity index (χ4v) is 4.46. The molecule has 128 valence electrons. The lowest BCUT2D eigenvalue weighted by atomic mass is 9.73. The van der Waals surface area contributed by atoms with Crippen LogP contribution in [0.5, 0.6) is 0 Å². The van der Waals surface area contributed by atoms with E-state index in [0.717, 1.165) is 47.7 Å².